The van der Waals surface area contributed by atoms with Crippen LogP contribution in [0.5, 0.6) is 0 Å². The quantitative estimate of drug-likeness (QED) is 0.842. The van der Waals surface area contributed by atoms with E-state index in [1.807, 2.05) is 0 Å². The van der Waals surface area contributed by atoms with Crippen LogP contribution < -0.4 is 5.32 Å². The molecule has 0 aliphatic heterocycles. The average molecular weight is 391 g/mol. The maximum atomic E-state index is 12.5. The van der Waals surface area contributed by atoms with E-state index in [1.54, 1.807) is 0 Å². The van der Waals surface area contributed by atoms with E-state index < -0.39 is 20.2 Å². The molecule has 1 aromatic carbocycles. The van der Waals surface area contributed by atoms with E-state index in [0.29, 0.717) is 9.34 Å². The molecule has 0 fully saturated rings. The maximum absolute atomic E-state index is 12.5. The molecule has 0 aliphatic carbocycles. The molecule has 2 rings (SSSR count). The highest BCUT2D eigenvalue weighted by Gasteiger charge is 2.47. The number of halogens is 5. The molecule has 0 bridgehead atoms. The van der Waals surface area contributed by atoms with Crippen molar-refractivity contribution in [3.05, 3.63) is 38.8 Å². The van der Waals surface area contributed by atoms with Crippen LogP contribution in [0.25, 0.3) is 0 Å². The molecule has 0 atom stereocenters. The van der Waals surface area contributed by atoms with Gasteiger partial charge >= 0.3 is 5.51 Å². The van der Waals surface area contributed by atoms with Gasteiger partial charge in [-0.25, -0.2) is 13.4 Å². The number of anilines is 1. The molecule has 4 nitrogen and oxygen atoms in total. The van der Waals surface area contributed by atoms with Gasteiger partial charge in [0.25, 0.3) is 9.84 Å². The smallest absolute Gasteiger partial charge is 0.379 e. The first kappa shape index (κ1) is 17.3. The van der Waals surface area contributed by atoms with Gasteiger partial charge < -0.3 is 5.32 Å². The number of benzene rings is 1. The highest BCUT2D eigenvalue weighted by molar-refractivity contribution is 7.92. The summed E-state index contributed by atoms with van der Waals surface area (Å²) in [6.45, 7) is 0.194. The molecule has 22 heavy (non-hydrogen) atoms. The molecule has 1 aromatic heterocycles. The fourth-order valence-corrected chi connectivity index (χ4v) is 3.38. The lowest BCUT2D eigenvalue weighted by molar-refractivity contribution is -0.0435. The summed E-state index contributed by atoms with van der Waals surface area (Å²) in [5.41, 5.74) is -5.31. The van der Waals surface area contributed by atoms with Gasteiger partial charge in [0.2, 0.25) is 0 Å². The number of hydrogen-bond donors (Lipinski definition) is 1. The SMILES string of the molecule is O=S(=O)(c1ccc(Cl)c(NCc2cnc(Cl)s2)c1)C(F)(F)F. The second-order valence-electron chi connectivity index (χ2n) is 4.02. The van der Waals surface area contributed by atoms with Crippen LogP contribution in [0.15, 0.2) is 29.3 Å². The van der Waals surface area contributed by atoms with Crippen molar-refractivity contribution in [2.45, 2.75) is 16.9 Å². The first-order valence-electron chi connectivity index (χ1n) is 5.56. The third-order valence-electron chi connectivity index (χ3n) is 2.53. The van der Waals surface area contributed by atoms with E-state index in [1.165, 1.54) is 17.5 Å². The molecule has 11 heteroatoms. The molecule has 0 amide bonds. The Morgan fingerprint density at radius 1 is 1.27 bits per heavy atom. The van der Waals surface area contributed by atoms with Gasteiger partial charge in [-0.2, -0.15) is 13.2 Å². The minimum atomic E-state index is -5.42. The summed E-state index contributed by atoms with van der Waals surface area (Å²) in [5.74, 6) is 0. The van der Waals surface area contributed by atoms with Crippen molar-refractivity contribution >= 4 is 50.1 Å². The summed E-state index contributed by atoms with van der Waals surface area (Å²) in [6, 6.07) is 2.73. The first-order valence-corrected chi connectivity index (χ1v) is 8.62. The Bertz CT molecular complexity index is 791. The van der Waals surface area contributed by atoms with Gasteiger partial charge in [-0.15, -0.1) is 11.3 Å². The average Bonchev–Trinajstić information content (AvgIpc) is 2.82. The Hall–Kier alpha value is -1.03. The number of nitrogens with zero attached hydrogens (tertiary/aromatic N) is 1. The van der Waals surface area contributed by atoms with Crippen molar-refractivity contribution < 1.29 is 21.6 Å². The van der Waals surface area contributed by atoms with Crippen molar-refractivity contribution in [3.8, 4) is 0 Å². The summed E-state index contributed by atoms with van der Waals surface area (Å²) in [6.07, 6.45) is 1.49. The van der Waals surface area contributed by atoms with Crippen molar-refractivity contribution in [2.75, 3.05) is 5.32 Å². The number of thiazole rings is 1. The third kappa shape index (κ3) is 3.65. The Kier molecular flexibility index (Phi) is 4.90. The van der Waals surface area contributed by atoms with Crippen LogP contribution in [0, 0.1) is 0 Å². The molecule has 2 aromatic rings. The molecule has 0 radical (unpaired) electrons. The van der Waals surface area contributed by atoms with E-state index in [2.05, 4.69) is 10.3 Å². The predicted molar refractivity (Wildman–Crippen MR) is 79.1 cm³/mol. The van der Waals surface area contributed by atoms with Crippen LogP contribution in [-0.4, -0.2) is 18.9 Å². The van der Waals surface area contributed by atoms with Crippen LogP contribution in [0.1, 0.15) is 4.88 Å². The molecule has 1 N–H and O–H groups in total. The monoisotopic (exact) mass is 390 g/mol. The van der Waals surface area contributed by atoms with Gasteiger partial charge in [-0.3, -0.25) is 0 Å². The van der Waals surface area contributed by atoms with Crippen LogP contribution in [0.2, 0.25) is 9.49 Å². The van der Waals surface area contributed by atoms with Crippen LogP contribution in [0.3, 0.4) is 0 Å². The summed E-state index contributed by atoms with van der Waals surface area (Å²) >= 11 is 12.7. The summed E-state index contributed by atoms with van der Waals surface area (Å²) in [7, 11) is -5.42. The zero-order chi connectivity index (χ0) is 16.5. The van der Waals surface area contributed by atoms with Gasteiger partial charge in [0.1, 0.15) is 0 Å². The van der Waals surface area contributed by atoms with Gasteiger partial charge in [-0.1, -0.05) is 23.2 Å². The van der Waals surface area contributed by atoms with Crippen LogP contribution >= 0.6 is 34.5 Å². The molecule has 0 spiro atoms. The molecule has 0 saturated carbocycles. The first-order chi connectivity index (χ1) is 10.1. The Labute approximate surface area is 137 Å². The van der Waals surface area contributed by atoms with Crippen molar-refractivity contribution in [2.24, 2.45) is 0 Å². The minimum absolute atomic E-state index is 0.0662. The minimum Gasteiger partial charge on any atom is -0.379 e. The summed E-state index contributed by atoms with van der Waals surface area (Å²) < 4.78 is 60.7. The highest BCUT2D eigenvalue weighted by Crippen LogP contribution is 2.34. The second kappa shape index (κ2) is 6.23. The van der Waals surface area contributed by atoms with E-state index in [4.69, 9.17) is 23.2 Å². The Morgan fingerprint density at radius 2 is 1.95 bits per heavy atom. The highest BCUT2D eigenvalue weighted by atomic mass is 35.5. The summed E-state index contributed by atoms with van der Waals surface area (Å²) in [5, 5.41) is 2.85. The van der Waals surface area contributed by atoms with Crippen LogP contribution in [-0.2, 0) is 16.4 Å². The largest absolute Gasteiger partial charge is 0.501 e. The normalized spacial score (nSPS) is 12.4. The lowest BCUT2D eigenvalue weighted by atomic mass is 10.3. The molecular weight excluding hydrogens is 384 g/mol. The number of aromatic nitrogens is 1. The molecular formula is C11H7Cl2F3N2O2S2. The fourth-order valence-electron chi connectivity index (χ4n) is 1.49. The Morgan fingerprint density at radius 3 is 2.50 bits per heavy atom. The third-order valence-corrected chi connectivity index (χ3v) is 5.46. The maximum Gasteiger partial charge on any atom is 0.501 e. The van der Waals surface area contributed by atoms with E-state index in [-0.39, 0.29) is 17.3 Å². The molecule has 0 aliphatic rings. The van der Waals surface area contributed by atoms with Crippen molar-refractivity contribution in [1.82, 2.24) is 4.98 Å². The number of alkyl halides is 3. The lowest BCUT2D eigenvalue weighted by Gasteiger charge is -2.12. The molecule has 0 saturated heterocycles. The van der Waals surface area contributed by atoms with Gasteiger partial charge in [0.15, 0.2) is 4.47 Å². The van der Waals surface area contributed by atoms with Gasteiger partial charge in [0.05, 0.1) is 22.2 Å². The molecule has 120 valence electrons. The Balaban J connectivity index is 2.28. The molecule has 1 heterocycles. The fraction of sp³-hybridized carbons (Fsp3) is 0.182. The second-order valence-corrected chi connectivity index (χ2v) is 8.07. The number of nitrogens with one attached hydrogen (secondary N) is 1. The van der Waals surface area contributed by atoms with E-state index in [9.17, 15) is 21.6 Å². The number of hydrogen-bond acceptors (Lipinski definition) is 5. The molecule has 0 unspecified atom stereocenters. The van der Waals surface area contributed by atoms with Gasteiger partial charge in [-0.05, 0) is 18.2 Å². The number of sulfone groups is 1. The zero-order valence-corrected chi connectivity index (χ0v) is 13.6. The zero-order valence-electron chi connectivity index (χ0n) is 10.5. The number of rotatable bonds is 4. The predicted octanol–water partition coefficient (Wildman–Crippen LogP) is 4.36. The van der Waals surface area contributed by atoms with E-state index >= 15 is 0 Å². The van der Waals surface area contributed by atoms with Crippen molar-refractivity contribution in [3.63, 3.8) is 0 Å². The topological polar surface area (TPSA) is 59.1 Å². The lowest BCUT2D eigenvalue weighted by Crippen LogP contribution is -2.23. The summed E-state index contributed by atoms with van der Waals surface area (Å²) in [4.78, 5) is 3.64. The van der Waals surface area contributed by atoms with E-state index in [0.717, 1.165) is 18.2 Å². The van der Waals surface area contributed by atoms with Crippen LogP contribution in [0.4, 0.5) is 18.9 Å². The van der Waals surface area contributed by atoms with Crippen molar-refractivity contribution in [1.29, 1.82) is 0 Å². The standard InChI is InChI=1S/C11H7Cl2F3N2O2S2/c12-8-2-1-7(22(19,20)11(14,15)16)3-9(8)17-4-6-5-18-10(13)21-6/h1-3,5,17H,4H2. The van der Waals surface area contributed by atoms with Gasteiger partial charge in [0, 0.05) is 11.1 Å².